The van der Waals surface area contributed by atoms with Gasteiger partial charge in [-0.2, -0.15) is 4.31 Å². The lowest BCUT2D eigenvalue weighted by atomic mass is 9.83. The van der Waals surface area contributed by atoms with Crippen molar-refractivity contribution in [2.45, 2.75) is 31.1 Å². The SMILES string of the molecule is CCOc1ccc(NC(=O)C(C)(C)c2ccccc2)cc1S(=O)(=O)N1CCOCC1. The fraction of sp³-hybridized carbons (Fsp3) is 0.409. The molecule has 1 N–H and O–H groups in total. The number of ether oxygens (including phenoxy) is 2. The van der Waals surface area contributed by atoms with Gasteiger partial charge in [-0.3, -0.25) is 4.79 Å². The van der Waals surface area contributed by atoms with E-state index in [0.717, 1.165) is 5.56 Å². The molecule has 0 radical (unpaired) electrons. The number of morpholine rings is 1. The Kier molecular flexibility index (Phi) is 6.80. The van der Waals surface area contributed by atoms with Crippen molar-refractivity contribution in [3.63, 3.8) is 0 Å². The molecule has 2 aromatic carbocycles. The van der Waals surface area contributed by atoms with Crippen LogP contribution in [0, 0.1) is 0 Å². The lowest BCUT2D eigenvalue weighted by Gasteiger charge is -2.27. The summed E-state index contributed by atoms with van der Waals surface area (Å²) in [6, 6.07) is 14.2. The van der Waals surface area contributed by atoms with Crippen LogP contribution >= 0.6 is 0 Å². The Hall–Kier alpha value is -2.42. The molecule has 30 heavy (non-hydrogen) atoms. The number of hydrogen-bond donors (Lipinski definition) is 1. The van der Waals surface area contributed by atoms with Gasteiger partial charge in [0.2, 0.25) is 15.9 Å². The maximum atomic E-state index is 13.2. The van der Waals surface area contributed by atoms with Crippen molar-refractivity contribution in [2.75, 3.05) is 38.2 Å². The Bertz CT molecular complexity index is 984. The highest BCUT2D eigenvalue weighted by Gasteiger charge is 2.32. The minimum Gasteiger partial charge on any atom is -0.492 e. The topological polar surface area (TPSA) is 84.9 Å². The molecule has 0 spiro atoms. The van der Waals surface area contributed by atoms with Crippen LogP contribution in [-0.4, -0.2) is 51.5 Å². The predicted octanol–water partition coefficient (Wildman–Crippen LogP) is 3.02. The second kappa shape index (κ2) is 9.16. The van der Waals surface area contributed by atoms with Crippen LogP contribution in [0.25, 0.3) is 0 Å². The summed E-state index contributed by atoms with van der Waals surface area (Å²) in [6.45, 7) is 7.06. The second-order valence-electron chi connectivity index (χ2n) is 7.56. The molecule has 1 saturated heterocycles. The van der Waals surface area contributed by atoms with Gasteiger partial charge in [-0.1, -0.05) is 30.3 Å². The summed E-state index contributed by atoms with van der Waals surface area (Å²) in [5.41, 5.74) is 0.484. The molecule has 162 valence electrons. The minimum atomic E-state index is -3.78. The molecule has 0 unspecified atom stereocenters. The maximum Gasteiger partial charge on any atom is 0.246 e. The second-order valence-corrected chi connectivity index (χ2v) is 9.46. The first kappa shape index (κ1) is 22.3. The van der Waals surface area contributed by atoms with Gasteiger partial charge in [-0.05, 0) is 44.5 Å². The summed E-state index contributed by atoms with van der Waals surface area (Å²) < 4.78 is 38.6. The lowest BCUT2D eigenvalue weighted by Crippen LogP contribution is -2.40. The quantitative estimate of drug-likeness (QED) is 0.727. The summed E-state index contributed by atoms with van der Waals surface area (Å²) in [7, 11) is -3.78. The van der Waals surface area contributed by atoms with Crippen molar-refractivity contribution in [1.82, 2.24) is 4.31 Å². The molecule has 1 aliphatic heterocycles. The maximum absolute atomic E-state index is 13.2. The Morgan fingerprint density at radius 2 is 1.80 bits per heavy atom. The Morgan fingerprint density at radius 1 is 1.13 bits per heavy atom. The van der Waals surface area contributed by atoms with Gasteiger partial charge in [0.15, 0.2) is 0 Å². The minimum absolute atomic E-state index is 0.0431. The Labute approximate surface area is 178 Å². The van der Waals surface area contributed by atoms with E-state index < -0.39 is 15.4 Å². The Morgan fingerprint density at radius 3 is 2.43 bits per heavy atom. The molecule has 0 aromatic heterocycles. The van der Waals surface area contributed by atoms with Crippen molar-refractivity contribution in [1.29, 1.82) is 0 Å². The third kappa shape index (κ3) is 4.66. The summed E-state index contributed by atoms with van der Waals surface area (Å²) in [5.74, 6) is 0.0388. The number of amides is 1. The van der Waals surface area contributed by atoms with Gasteiger partial charge in [0.1, 0.15) is 10.6 Å². The molecule has 1 fully saturated rings. The van der Waals surface area contributed by atoms with Gasteiger partial charge in [0, 0.05) is 18.8 Å². The molecule has 0 saturated carbocycles. The van der Waals surface area contributed by atoms with E-state index >= 15 is 0 Å². The number of benzene rings is 2. The number of rotatable bonds is 7. The van der Waals surface area contributed by atoms with E-state index in [1.165, 1.54) is 10.4 Å². The average molecular weight is 433 g/mol. The van der Waals surface area contributed by atoms with Crippen LogP contribution < -0.4 is 10.1 Å². The summed E-state index contributed by atoms with van der Waals surface area (Å²) in [5, 5.41) is 2.86. The molecule has 8 heteroatoms. The third-order valence-corrected chi connectivity index (χ3v) is 7.07. The summed E-state index contributed by atoms with van der Waals surface area (Å²) in [6.07, 6.45) is 0. The number of nitrogens with zero attached hydrogens (tertiary/aromatic N) is 1. The monoisotopic (exact) mass is 432 g/mol. The van der Waals surface area contributed by atoms with E-state index in [1.54, 1.807) is 19.1 Å². The smallest absolute Gasteiger partial charge is 0.246 e. The van der Waals surface area contributed by atoms with Crippen LogP contribution in [0.3, 0.4) is 0 Å². The average Bonchev–Trinajstić information content (AvgIpc) is 2.76. The summed E-state index contributed by atoms with van der Waals surface area (Å²) >= 11 is 0. The largest absolute Gasteiger partial charge is 0.492 e. The molecular weight excluding hydrogens is 404 g/mol. The molecule has 1 heterocycles. The number of carbonyl (C=O) groups is 1. The van der Waals surface area contributed by atoms with Crippen molar-refractivity contribution in [3.8, 4) is 5.75 Å². The molecule has 0 aliphatic carbocycles. The van der Waals surface area contributed by atoms with Crippen molar-refractivity contribution >= 4 is 21.6 Å². The van der Waals surface area contributed by atoms with Gasteiger partial charge in [0.05, 0.1) is 25.2 Å². The zero-order valence-corrected chi connectivity index (χ0v) is 18.4. The van der Waals surface area contributed by atoms with E-state index in [0.29, 0.717) is 25.5 Å². The van der Waals surface area contributed by atoms with Crippen LogP contribution in [0.5, 0.6) is 5.75 Å². The van der Waals surface area contributed by atoms with Crippen molar-refractivity contribution < 1.29 is 22.7 Å². The van der Waals surface area contributed by atoms with Gasteiger partial charge in [-0.25, -0.2) is 8.42 Å². The zero-order valence-electron chi connectivity index (χ0n) is 17.6. The number of carbonyl (C=O) groups excluding carboxylic acids is 1. The highest BCUT2D eigenvalue weighted by molar-refractivity contribution is 7.89. The molecule has 2 aromatic rings. The molecule has 1 amide bonds. The van der Waals surface area contributed by atoms with Crippen molar-refractivity contribution in [3.05, 3.63) is 54.1 Å². The first-order chi connectivity index (χ1) is 14.3. The van der Waals surface area contributed by atoms with E-state index in [9.17, 15) is 13.2 Å². The van der Waals surface area contributed by atoms with Gasteiger partial charge >= 0.3 is 0 Å². The van der Waals surface area contributed by atoms with Crippen LogP contribution in [0.15, 0.2) is 53.4 Å². The molecule has 0 bridgehead atoms. The van der Waals surface area contributed by atoms with Gasteiger partial charge in [-0.15, -0.1) is 0 Å². The van der Waals surface area contributed by atoms with E-state index in [-0.39, 0.29) is 29.6 Å². The highest BCUT2D eigenvalue weighted by Crippen LogP contribution is 2.32. The number of nitrogens with one attached hydrogen (secondary N) is 1. The number of anilines is 1. The lowest BCUT2D eigenvalue weighted by molar-refractivity contribution is -0.120. The van der Waals surface area contributed by atoms with Crippen molar-refractivity contribution in [2.24, 2.45) is 0 Å². The first-order valence-corrected chi connectivity index (χ1v) is 11.4. The van der Waals surface area contributed by atoms with Crippen LogP contribution in [-0.2, 0) is 25.0 Å². The third-order valence-electron chi connectivity index (χ3n) is 5.15. The van der Waals surface area contributed by atoms with Gasteiger partial charge in [0.25, 0.3) is 0 Å². The number of hydrogen-bond acceptors (Lipinski definition) is 5. The molecule has 0 atom stereocenters. The normalized spacial score (nSPS) is 15.6. The first-order valence-electron chi connectivity index (χ1n) is 9.98. The van der Waals surface area contributed by atoms with E-state index in [1.807, 2.05) is 44.2 Å². The predicted molar refractivity (Wildman–Crippen MR) is 115 cm³/mol. The molecular formula is C22H28N2O5S. The Balaban J connectivity index is 1.91. The van der Waals surface area contributed by atoms with Crippen LogP contribution in [0.4, 0.5) is 5.69 Å². The van der Waals surface area contributed by atoms with Crippen LogP contribution in [0.1, 0.15) is 26.3 Å². The molecule has 7 nitrogen and oxygen atoms in total. The molecule has 1 aliphatic rings. The summed E-state index contributed by atoms with van der Waals surface area (Å²) in [4.78, 5) is 13.0. The fourth-order valence-electron chi connectivity index (χ4n) is 3.26. The molecule has 3 rings (SSSR count). The zero-order chi connectivity index (χ0) is 21.8. The fourth-order valence-corrected chi connectivity index (χ4v) is 4.83. The number of sulfonamides is 1. The highest BCUT2D eigenvalue weighted by atomic mass is 32.2. The van der Waals surface area contributed by atoms with E-state index in [4.69, 9.17) is 9.47 Å². The standard InChI is InChI=1S/C22H28N2O5S/c1-4-29-19-11-10-18(16-20(19)30(26,27)24-12-14-28-15-13-24)23-21(25)22(2,3)17-8-6-5-7-9-17/h5-11,16H,4,12-15H2,1-3H3,(H,23,25). The van der Waals surface area contributed by atoms with E-state index in [2.05, 4.69) is 5.32 Å². The van der Waals surface area contributed by atoms with Crippen LogP contribution in [0.2, 0.25) is 0 Å². The van der Waals surface area contributed by atoms with Gasteiger partial charge < -0.3 is 14.8 Å².